The van der Waals surface area contributed by atoms with E-state index in [-0.39, 0.29) is 23.8 Å². The van der Waals surface area contributed by atoms with Crippen LogP contribution in [0.25, 0.3) is 0 Å². The SMILES string of the molecule is CC(=O)Nc1ccc(SCCCN(C)CCc2ccccc2)cc1.Cl.O. The zero-order chi connectivity index (χ0) is 17.2. The van der Waals surface area contributed by atoms with Crippen molar-refractivity contribution in [2.75, 3.05) is 31.2 Å². The Morgan fingerprint density at radius 1 is 1.04 bits per heavy atom. The van der Waals surface area contributed by atoms with Gasteiger partial charge in [-0.25, -0.2) is 0 Å². The zero-order valence-corrected chi connectivity index (χ0v) is 17.0. The average molecular weight is 397 g/mol. The Balaban J connectivity index is 0.00000312. The summed E-state index contributed by atoms with van der Waals surface area (Å²) in [5.41, 5.74) is 2.26. The second-order valence-corrected chi connectivity index (χ2v) is 7.11. The molecule has 0 saturated heterocycles. The van der Waals surface area contributed by atoms with Crippen molar-refractivity contribution >= 4 is 35.8 Å². The quantitative estimate of drug-likeness (QED) is 0.516. The fraction of sp³-hybridized carbons (Fsp3) is 0.350. The predicted octanol–water partition coefficient (Wildman–Crippen LogP) is 3.90. The van der Waals surface area contributed by atoms with E-state index >= 15 is 0 Å². The van der Waals surface area contributed by atoms with E-state index in [1.807, 2.05) is 23.9 Å². The summed E-state index contributed by atoms with van der Waals surface area (Å²) >= 11 is 1.87. The Morgan fingerprint density at radius 3 is 2.31 bits per heavy atom. The molecule has 6 heteroatoms. The van der Waals surface area contributed by atoms with Crippen molar-refractivity contribution in [2.24, 2.45) is 0 Å². The van der Waals surface area contributed by atoms with E-state index in [0.717, 1.165) is 31.0 Å². The molecule has 0 bridgehead atoms. The molecule has 0 radical (unpaired) electrons. The van der Waals surface area contributed by atoms with E-state index in [4.69, 9.17) is 0 Å². The smallest absolute Gasteiger partial charge is 0.221 e. The van der Waals surface area contributed by atoms with Crippen LogP contribution in [-0.4, -0.2) is 42.2 Å². The van der Waals surface area contributed by atoms with E-state index in [0.29, 0.717) is 0 Å². The highest BCUT2D eigenvalue weighted by molar-refractivity contribution is 7.99. The van der Waals surface area contributed by atoms with Crippen molar-refractivity contribution in [3.8, 4) is 0 Å². The van der Waals surface area contributed by atoms with Crippen LogP contribution in [0.4, 0.5) is 5.69 Å². The van der Waals surface area contributed by atoms with Gasteiger partial charge in [-0.2, -0.15) is 0 Å². The lowest BCUT2D eigenvalue weighted by atomic mass is 10.1. The number of carbonyl (C=O) groups is 1. The molecule has 0 spiro atoms. The van der Waals surface area contributed by atoms with Gasteiger partial charge in [-0.1, -0.05) is 30.3 Å². The van der Waals surface area contributed by atoms with Gasteiger partial charge in [-0.05, 0) is 62.0 Å². The van der Waals surface area contributed by atoms with E-state index in [1.165, 1.54) is 23.8 Å². The number of rotatable bonds is 9. The molecule has 2 rings (SSSR count). The highest BCUT2D eigenvalue weighted by atomic mass is 35.5. The third-order valence-corrected chi connectivity index (χ3v) is 4.85. The molecule has 0 aliphatic rings. The van der Waals surface area contributed by atoms with Gasteiger partial charge in [0.05, 0.1) is 0 Å². The second kappa shape index (κ2) is 13.6. The number of benzene rings is 2. The van der Waals surface area contributed by atoms with Gasteiger partial charge in [0.15, 0.2) is 0 Å². The van der Waals surface area contributed by atoms with Gasteiger partial charge in [0.1, 0.15) is 0 Å². The summed E-state index contributed by atoms with van der Waals surface area (Å²) in [6, 6.07) is 18.7. The molecule has 144 valence electrons. The van der Waals surface area contributed by atoms with Gasteiger partial charge in [-0.3, -0.25) is 4.79 Å². The molecule has 0 aliphatic carbocycles. The van der Waals surface area contributed by atoms with Crippen LogP contribution in [-0.2, 0) is 11.2 Å². The van der Waals surface area contributed by atoms with Gasteiger partial charge >= 0.3 is 0 Å². The van der Waals surface area contributed by atoms with Crippen molar-refractivity contribution in [2.45, 2.75) is 24.7 Å². The Hall–Kier alpha value is -1.53. The monoisotopic (exact) mass is 396 g/mol. The largest absolute Gasteiger partial charge is 0.412 e. The van der Waals surface area contributed by atoms with Gasteiger partial charge in [0, 0.05) is 24.1 Å². The molecular formula is C20H29ClN2O2S. The summed E-state index contributed by atoms with van der Waals surface area (Å²) in [4.78, 5) is 14.6. The van der Waals surface area contributed by atoms with Gasteiger partial charge < -0.3 is 15.7 Å². The van der Waals surface area contributed by atoms with E-state index in [1.54, 1.807) is 0 Å². The number of hydrogen-bond acceptors (Lipinski definition) is 3. The van der Waals surface area contributed by atoms with Crippen LogP contribution in [0.1, 0.15) is 18.9 Å². The van der Waals surface area contributed by atoms with Gasteiger partial charge in [0.25, 0.3) is 0 Å². The van der Waals surface area contributed by atoms with Crippen molar-refractivity contribution < 1.29 is 10.3 Å². The third kappa shape index (κ3) is 9.82. The first-order valence-electron chi connectivity index (χ1n) is 8.36. The van der Waals surface area contributed by atoms with Gasteiger partial charge in [0.2, 0.25) is 5.91 Å². The highest BCUT2D eigenvalue weighted by Gasteiger charge is 2.01. The number of hydrogen-bond donors (Lipinski definition) is 1. The first-order valence-corrected chi connectivity index (χ1v) is 9.35. The molecule has 3 N–H and O–H groups in total. The molecule has 0 atom stereocenters. The lowest BCUT2D eigenvalue weighted by Crippen LogP contribution is -2.22. The Labute approximate surface area is 167 Å². The Bertz CT molecular complexity index is 623. The maximum Gasteiger partial charge on any atom is 0.221 e. The number of likely N-dealkylation sites (N-methyl/N-ethyl adjacent to an activating group) is 1. The first kappa shape index (κ1) is 24.5. The molecule has 0 fully saturated rings. The molecule has 0 aromatic heterocycles. The highest BCUT2D eigenvalue weighted by Crippen LogP contribution is 2.21. The number of nitrogens with one attached hydrogen (secondary N) is 1. The number of thioether (sulfide) groups is 1. The molecule has 1 amide bonds. The molecule has 2 aromatic rings. The van der Waals surface area contributed by atoms with Crippen LogP contribution in [0, 0.1) is 0 Å². The summed E-state index contributed by atoms with van der Waals surface area (Å²) in [6.07, 6.45) is 2.28. The van der Waals surface area contributed by atoms with Crippen LogP contribution < -0.4 is 5.32 Å². The zero-order valence-electron chi connectivity index (χ0n) is 15.4. The minimum absolute atomic E-state index is 0. The minimum atomic E-state index is -0.0334. The summed E-state index contributed by atoms with van der Waals surface area (Å²) < 4.78 is 0. The molecule has 4 nitrogen and oxygen atoms in total. The van der Waals surface area contributed by atoms with Crippen molar-refractivity contribution in [3.63, 3.8) is 0 Å². The number of halogens is 1. The van der Waals surface area contributed by atoms with E-state index < -0.39 is 0 Å². The minimum Gasteiger partial charge on any atom is -0.412 e. The number of nitrogens with zero attached hydrogens (tertiary/aromatic N) is 1. The van der Waals surface area contributed by atoms with Crippen molar-refractivity contribution in [1.29, 1.82) is 0 Å². The summed E-state index contributed by atoms with van der Waals surface area (Å²) in [5.74, 6) is 1.07. The molecule has 0 unspecified atom stereocenters. The third-order valence-electron chi connectivity index (χ3n) is 3.75. The molecule has 0 aliphatic heterocycles. The van der Waals surface area contributed by atoms with E-state index in [9.17, 15) is 4.79 Å². The maximum absolute atomic E-state index is 11.0. The molecule has 0 heterocycles. The van der Waals surface area contributed by atoms with Crippen LogP contribution >= 0.6 is 24.2 Å². The van der Waals surface area contributed by atoms with Gasteiger partial charge in [-0.15, -0.1) is 24.2 Å². The standard InChI is InChI=1S/C20H26N2OS.ClH.H2O/c1-17(23)21-19-9-11-20(12-10-19)24-16-6-14-22(2)15-13-18-7-4-3-5-8-18;;/h3-5,7-12H,6,13-16H2,1-2H3,(H,21,23);1H;1H2. The number of amides is 1. The van der Waals surface area contributed by atoms with E-state index in [2.05, 4.69) is 59.7 Å². The Kier molecular flexibility index (Phi) is 12.8. The van der Waals surface area contributed by atoms with Crippen LogP contribution in [0.5, 0.6) is 0 Å². The van der Waals surface area contributed by atoms with Crippen LogP contribution in [0.15, 0.2) is 59.5 Å². The molecule has 2 aromatic carbocycles. The normalized spacial score (nSPS) is 9.96. The number of anilines is 1. The maximum atomic E-state index is 11.0. The molecule has 26 heavy (non-hydrogen) atoms. The average Bonchev–Trinajstić information content (AvgIpc) is 2.59. The fourth-order valence-electron chi connectivity index (χ4n) is 2.44. The molecule has 0 saturated carbocycles. The topological polar surface area (TPSA) is 63.8 Å². The van der Waals surface area contributed by atoms with Crippen molar-refractivity contribution in [3.05, 3.63) is 60.2 Å². The second-order valence-electron chi connectivity index (χ2n) is 5.95. The lowest BCUT2D eigenvalue weighted by molar-refractivity contribution is -0.114. The van der Waals surface area contributed by atoms with Crippen molar-refractivity contribution in [1.82, 2.24) is 4.90 Å². The fourth-order valence-corrected chi connectivity index (χ4v) is 3.28. The number of carbonyl (C=O) groups excluding carboxylic acids is 1. The van der Waals surface area contributed by atoms with Crippen LogP contribution in [0.3, 0.4) is 0 Å². The summed E-state index contributed by atoms with van der Waals surface area (Å²) in [6.45, 7) is 3.74. The summed E-state index contributed by atoms with van der Waals surface area (Å²) in [7, 11) is 2.19. The summed E-state index contributed by atoms with van der Waals surface area (Å²) in [5, 5.41) is 2.79. The molecular weight excluding hydrogens is 368 g/mol. The Morgan fingerprint density at radius 2 is 1.69 bits per heavy atom. The lowest BCUT2D eigenvalue weighted by Gasteiger charge is -2.16. The predicted molar refractivity (Wildman–Crippen MR) is 115 cm³/mol. The van der Waals surface area contributed by atoms with Crippen LogP contribution in [0.2, 0.25) is 0 Å². The first-order chi connectivity index (χ1) is 11.6.